The molecule has 14 heavy (non-hydrogen) atoms. The minimum atomic E-state index is -0.736. The molecule has 0 aliphatic heterocycles. The Morgan fingerprint density at radius 2 is 1.86 bits per heavy atom. The maximum Gasteiger partial charge on any atom is 0.149 e. The highest BCUT2D eigenvalue weighted by molar-refractivity contribution is 6.30. The van der Waals surface area contributed by atoms with Crippen molar-refractivity contribution in [2.24, 2.45) is 0 Å². The summed E-state index contributed by atoms with van der Waals surface area (Å²) in [5.41, 5.74) is -0.215. The molecule has 1 nitrogen and oxygen atoms in total. The standard InChI is InChI=1S/C10H12ClF2N/c1-10(2,14-3)6-4-5-7(12)8(11)9(6)13/h4-5,14H,1-3H3. The van der Waals surface area contributed by atoms with E-state index in [-0.39, 0.29) is 0 Å². The molecule has 1 N–H and O–H groups in total. The molecule has 1 aromatic rings. The van der Waals surface area contributed by atoms with Gasteiger partial charge in [-0.25, -0.2) is 8.78 Å². The first-order chi connectivity index (χ1) is 6.40. The highest BCUT2D eigenvalue weighted by Crippen LogP contribution is 2.28. The third kappa shape index (κ3) is 1.88. The average molecular weight is 220 g/mol. The first-order valence-corrected chi connectivity index (χ1v) is 4.61. The van der Waals surface area contributed by atoms with Gasteiger partial charge in [0, 0.05) is 11.1 Å². The Morgan fingerprint density at radius 1 is 1.29 bits per heavy atom. The minimum absolute atomic E-state index is 0.353. The van der Waals surface area contributed by atoms with Crippen molar-refractivity contribution >= 4 is 11.6 Å². The second kappa shape index (κ2) is 3.83. The van der Waals surface area contributed by atoms with E-state index in [0.29, 0.717) is 5.56 Å². The molecule has 0 bridgehead atoms. The number of hydrogen-bond donors (Lipinski definition) is 1. The number of benzene rings is 1. The predicted molar refractivity (Wildman–Crippen MR) is 53.5 cm³/mol. The molecule has 0 fully saturated rings. The first-order valence-electron chi connectivity index (χ1n) is 4.23. The van der Waals surface area contributed by atoms with Crippen molar-refractivity contribution in [3.8, 4) is 0 Å². The Balaban J connectivity index is 3.31. The molecule has 0 spiro atoms. The van der Waals surface area contributed by atoms with Gasteiger partial charge in [0.15, 0.2) is 0 Å². The summed E-state index contributed by atoms with van der Waals surface area (Å²) >= 11 is 5.47. The van der Waals surface area contributed by atoms with E-state index in [1.165, 1.54) is 12.1 Å². The van der Waals surface area contributed by atoms with Crippen molar-refractivity contribution < 1.29 is 8.78 Å². The van der Waals surface area contributed by atoms with E-state index >= 15 is 0 Å². The van der Waals surface area contributed by atoms with E-state index in [1.807, 2.05) is 0 Å². The van der Waals surface area contributed by atoms with Gasteiger partial charge in [-0.3, -0.25) is 0 Å². The van der Waals surface area contributed by atoms with Gasteiger partial charge in [0.1, 0.15) is 16.7 Å². The number of rotatable bonds is 2. The van der Waals surface area contributed by atoms with Crippen molar-refractivity contribution in [3.63, 3.8) is 0 Å². The maximum atomic E-state index is 13.5. The third-order valence-corrected chi connectivity index (χ3v) is 2.68. The van der Waals surface area contributed by atoms with E-state index in [2.05, 4.69) is 5.32 Å². The van der Waals surface area contributed by atoms with Crippen LogP contribution in [0.5, 0.6) is 0 Å². The van der Waals surface area contributed by atoms with Gasteiger partial charge >= 0.3 is 0 Å². The van der Waals surface area contributed by atoms with Crippen LogP contribution in [0, 0.1) is 11.6 Å². The summed E-state index contributed by atoms with van der Waals surface area (Å²) in [6.07, 6.45) is 0. The smallest absolute Gasteiger partial charge is 0.149 e. The van der Waals surface area contributed by atoms with E-state index in [1.54, 1.807) is 20.9 Å². The molecule has 0 heterocycles. The first kappa shape index (κ1) is 11.4. The van der Waals surface area contributed by atoms with E-state index in [4.69, 9.17) is 11.6 Å². The van der Waals surface area contributed by atoms with Gasteiger partial charge in [-0.15, -0.1) is 0 Å². The van der Waals surface area contributed by atoms with Crippen molar-refractivity contribution in [3.05, 3.63) is 34.4 Å². The van der Waals surface area contributed by atoms with Crippen molar-refractivity contribution in [1.82, 2.24) is 5.32 Å². The Morgan fingerprint density at radius 3 is 2.36 bits per heavy atom. The molecular formula is C10H12ClF2N. The van der Waals surface area contributed by atoms with Crippen LogP contribution in [-0.4, -0.2) is 7.05 Å². The predicted octanol–water partition coefficient (Wildman–Crippen LogP) is 3.07. The van der Waals surface area contributed by atoms with E-state index < -0.39 is 22.2 Å². The van der Waals surface area contributed by atoms with Crippen molar-refractivity contribution in [2.75, 3.05) is 7.05 Å². The number of halogens is 3. The van der Waals surface area contributed by atoms with Gasteiger partial charge in [-0.05, 0) is 27.0 Å². The molecule has 1 aromatic carbocycles. The summed E-state index contributed by atoms with van der Waals surface area (Å²) in [5, 5.41) is 2.47. The lowest BCUT2D eigenvalue weighted by Gasteiger charge is -2.25. The SMILES string of the molecule is CNC(C)(C)c1ccc(F)c(Cl)c1F. The summed E-state index contributed by atoms with van der Waals surface area (Å²) in [6.45, 7) is 3.58. The van der Waals surface area contributed by atoms with Crippen molar-refractivity contribution in [1.29, 1.82) is 0 Å². The van der Waals surface area contributed by atoms with Crippen molar-refractivity contribution in [2.45, 2.75) is 19.4 Å². The van der Waals surface area contributed by atoms with Crippen LogP contribution in [0.3, 0.4) is 0 Å². The lowest BCUT2D eigenvalue weighted by molar-refractivity contribution is 0.417. The molecule has 0 atom stereocenters. The zero-order valence-electron chi connectivity index (χ0n) is 8.29. The summed E-state index contributed by atoms with van der Waals surface area (Å²) < 4.78 is 26.4. The Kier molecular flexibility index (Phi) is 3.12. The minimum Gasteiger partial charge on any atom is -0.311 e. The highest BCUT2D eigenvalue weighted by Gasteiger charge is 2.24. The van der Waals surface area contributed by atoms with Crippen LogP contribution < -0.4 is 5.32 Å². The molecule has 78 valence electrons. The molecule has 0 saturated carbocycles. The van der Waals surface area contributed by atoms with Crippen LogP contribution in [0.25, 0.3) is 0 Å². The molecule has 0 radical (unpaired) electrons. The Bertz CT molecular complexity index is 350. The molecule has 1 rings (SSSR count). The molecule has 4 heteroatoms. The second-order valence-corrected chi connectivity index (χ2v) is 3.98. The molecule has 0 amide bonds. The monoisotopic (exact) mass is 219 g/mol. The highest BCUT2D eigenvalue weighted by atomic mass is 35.5. The fourth-order valence-corrected chi connectivity index (χ4v) is 1.31. The summed E-state index contributed by atoms with van der Waals surface area (Å²) in [7, 11) is 1.71. The molecule has 0 saturated heterocycles. The second-order valence-electron chi connectivity index (χ2n) is 3.60. The van der Waals surface area contributed by atoms with Gasteiger partial charge in [0.2, 0.25) is 0 Å². The van der Waals surface area contributed by atoms with E-state index in [0.717, 1.165) is 0 Å². The van der Waals surface area contributed by atoms with Gasteiger partial charge < -0.3 is 5.32 Å². The summed E-state index contributed by atoms with van der Waals surface area (Å²) in [4.78, 5) is 0. The fourth-order valence-electron chi connectivity index (χ4n) is 1.14. The van der Waals surface area contributed by atoms with Crippen LogP contribution in [0.1, 0.15) is 19.4 Å². The lowest BCUT2D eigenvalue weighted by atomic mass is 9.94. The van der Waals surface area contributed by atoms with E-state index in [9.17, 15) is 8.78 Å². The molecule has 0 unspecified atom stereocenters. The summed E-state index contributed by atoms with van der Waals surface area (Å²) in [5.74, 6) is -1.44. The van der Waals surface area contributed by atoms with Crippen LogP contribution in [-0.2, 0) is 5.54 Å². The van der Waals surface area contributed by atoms with Crippen LogP contribution >= 0.6 is 11.6 Å². The quantitative estimate of drug-likeness (QED) is 0.754. The zero-order chi connectivity index (χ0) is 10.9. The third-order valence-electron chi connectivity index (χ3n) is 2.33. The van der Waals surface area contributed by atoms with Gasteiger partial charge in [-0.1, -0.05) is 17.7 Å². The zero-order valence-corrected chi connectivity index (χ0v) is 9.04. The number of nitrogens with one attached hydrogen (secondary N) is 1. The van der Waals surface area contributed by atoms with Crippen LogP contribution in [0.15, 0.2) is 12.1 Å². The van der Waals surface area contributed by atoms with Gasteiger partial charge in [0.25, 0.3) is 0 Å². The van der Waals surface area contributed by atoms with Gasteiger partial charge in [0.05, 0.1) is 0 Å². The Hall–Kier alpha value is -0.670. The van der Waals surface area contributed by atoms with Crippen LogP contribution in [0.4, 0.5) is 8.78 Å². The summed E-state index contributed by atoms with van der Waals surface area (Å²) in [6, 6.07) is 2.56. The average Bonchev–Trinajstić information content (AvgIpc) is 2.14. The lowest BCUT2D eigenvalue weighted by Crippen LogP contribution is -2.34. The topological polar surface area (TPSA) is 12.0 Å². The number of hydrogen-bond acceptors (Lipinski definition) is 1. The fraction of sp³-hybridized carbons (Fsp3) is 0.400. The molecule has 0 aromatic heterocycles. The van der Waals surface area contributed by atoms with Crippen LogP contribution in [0.2, 0.25) is 5.02 Å². The van der Waals surface area contributed by atoms with Gasteiger partial charge in [-0.2, -0.15) is 0 Å². The molecular weight excluding hydrogens is 208 g/mol. The normalized spacial score (nSPS) is 11.9. The largest absolute Gasteiger partial charge is 0.311 e. The maximum absolute atomic E-state index is 13.5. The molecule has 0 aliphatic rings. The Labute approximate surface area is 87.1 Å². The molecule has 0 aliphatic carbocycles.